The topological polar surface area (TPSA) is 179 Å². The lowest BCUT2D eigenvalue weighted by Crippen LogP contribution is -2.07. The van der Waals surface area contributed by atoms with Crippen molar-refractivity contribution in [2.75, 3.05) is 0 Å². The SMILES string of the molecule is O=C(O)c1cc(Cl)ccc1O.O=C(O)c1cc(Cl)ccc1[O-].OB(O)O.[H+]. The van der Waals surface area contributed by atoms with E-state index in [2.05, 4.69) is 0 Å². The fraction of sp³-hybridized carbons (Fsp3) is 0. The summed E-state index contributed by atoms with van der Waals surface area (Å²) >= 11 is 10.9. The first-order chi connectivity index (χ1) is 12.0. The maximum absolute atomic E-state index is 10.8. The Morgan fingerprint density at radius 1 is 0.885 bits per heavy atom. The third-order valence-electron chi connectivity index (χ3n) is 2.36. The number of aromatic carboxylic acids is 2. The highest BCUT2D eigenvalue weighted by Crippen LogP contribution is 2.21. The van der Waals surface area contributed by atoms with Crippen LogP contribution in [0, 0.1) is 0 Å². The predicted octanol–water partition coefficient (Wildman–Crippen LogP) is 0.916. The molecule has 0 fully saturated rings. The Labute approximate surface area is 158 Å². The number of phenols is 1. The molecule has 0 atom stereocenters. The van der Waals surface area contributed by atoms with Gasteiger partial charge in [-0.1, -0.05) is 35.0 Å². The molecule has 0 unspecified atom stereocenters. The second-order valence-corrected chi connectivity index (χ2v) is 5.13. The Hall–Kier alpha value is -2.50. The van der Waals surface area contributed by atoms with Crippen molar-refractivity contribution in [2.45, 2.75) is 0 Å². The Balaban J connectivity index is 0. The number of aromatic hydroxyl groups is 1. The van der Waals surface area contributed by atoms with Gasteiger partial charge in [0, 0.05) is 10.0 Å². The van der Waals surface area contributed by atoms with E-state index < -0.39 is 25.0 Å². The normalized spacial score (nSPS) is 9.12. The van der Waals surface area contributed by atoms with Gasteiger partial charge in [-0.2, -0.15) is 0 Å². The van der Waals surface area contributed by atoms with E-state index in [9.17, 15) is 14.7 Å². The molecule has 0 amide bonds. The molecule has 6 N–H and O–H groups in total. The summed E-state index contributed by atoms with van der Waals surface area (Å²) in [6.07, 6.45) is 0. The molecule has 0 aromatic heterocycles. The van der Waals surface area contributed by atoms with E-state index in [0.29, 0.717) is 5.02 Å². The molecule has 0 spiro atoms. The second kappa shape index (κ2) is 11.2. The molecule has 0 aliphatic heterocycles. The minimum Gasteiger partial charge on any atom is -0.872 e. The number of rotatable bonds is 2. The molecule has 2 aromatic carbocycles. The summed E-state index contributed by atoms with van der Waals surface area (Å²) in [6, 6.07) is 7.47. The van der Waals surface area contributed by atoms with Crippen molar-refractivity contribution in [3.05, 3.63) is 57.6 Å². The minimum absolute atomic E-state index is 0. The molecule has 140 valence electrons. The Morgan fingerprint density at radius 2 is 1.27 bits per heavy atom. The van der Waals surface area contributed by atoms with Crippen molar-refractivity contribution < 1.29 is 46.5 Å². The van der Waals surface area contributed by atoms with Crippen molar-refractivity contribution in [1.29, 1.82) is 0 Å². The van der Waals surface area contributed by atoms with Gasteiger partial charge in [0.05, 0.1) is 5.56 Å². The van der Waals surface area contributed by atoms with Gasteiger partial charge in [0.25, 0.3) is 0 Å². The lowest BCUT2D eigenvalue weighted by atomic mass is 10.2. The van der Waals surface area contributed by atoms with Crippen LogP contribution in [0.3, 0.4) is 0 Å². The lowest BCUT2D eigenvalue weighted by Gasteiger charge is -2.08. The summed E-state index contributed by atoms with van der Waals surface area (Å²) in [6.45, 7) is 0. The van der Waals surface area contributed by atoms with Gasteiger partial charge in [-0.15, -0.1) is 0 Å². The molecule has 0 saturated heterocycles. The van der Waals surface area contributed by atoms with Crippen LogP contribution in [0.25, 0.3) is 0 Å². The molecule has 0 radical (unpaired) electrons. The largest absolute Gasteiger partial charge is 1.00 e. The summed E-state index contributed by atoms with van der Waals surface area (Å²) in [5.74, 6) is -3.24. The molecular formula is C14H13BCl2O9. The van der Waals surface area contributed by atoms with Crippen LogP contribution in [-0.2, 0) is 0 Å². The highest BCUT2D eigenvalue weighted by molar-refractivity contribution is 6.31. The summed E-state index contributed by atoms with van der Waals surface area (Å²) in [5.41, 5.74) is -0.477. The Bertz CT molecular complexity index is 710. The molecule has 12 heteroatoms. The van der Waals surface area contributed by atoms with E-state index in [1.165, 1.54) is 24.3 Å². The van der Waals surface area contributed by atoms with Gasteiger partial charge in [0.1, 0.15) is 11.3 Å². The zero-order chi connectivity index (χ0) is 20.4. The number of carboxylic acids is 2. The van der Waals surface area contributed by atoms with Gasteiger partial charge in [0.15, 0.2) is 0 Å². The van der Waals surface area contributed by atoms with Crippen LogP contribution in [-0.4, -0.2) is 49.7 Å². The highest BCUT2D eigenvalue weighted by atomic mass is 35.5. The molecule has 9 nitrogen and oxygen atoms in total. The monoisotopic (exact) mass is 406 g/mol. The quantitative estimate of drug-likeness (QED) is 0.395. The summed E-state index contributed by atoms with van der Waals surface area (Å²) in [5, 5.41) is 58.7. The second-order valence-electron chi connectivity index (χ2n) is 4.26. The van der Waals surface area contributed by atoms with Gasteiger partial charge in [-0.05, 0) is 30.3 Å². The standard InChI is InChI=1S/2C7H5ClO3.BH3O3/c2*8-4-1-2-6(9)5(3-4)7(10)11;2-1(3)4/h2*1-3,9H,(H,10,11);2-4H. The van der Waals surface area contributed by atoms with Crippen molar-refractivity contribution in [3.8, 4) is 11.5 Å². The average molecular weight is 407 g/mol. The average Bonchev–Trinajstić information content (AvgIpc) is 2.51. The van der Waals surface area contributed by atoms with Crippen molar-refractivity contribution in [2.24, 2.45) is 0 Å². The van der Waals surface area contributed by atoms with Crippen LogP contribution < -0.4 is 5.11 Å². The van der Waals surface area contributed by atoms with Gasteiger partial charge in [-0.3, -0.25) is 0 Å². The maximum atomic E-state index is 10.8. The highest BCUT2D eigenvalue weighted by Gasteiger charge is 2.08. The van der Waals surface area contributed by atoms with Crippen molar-refractivity contribution in [1.82, 2.24) is 0 Å². The van der Waals surface area contributed by atoms with Crippen LogP contribution in [0.2, 0.25) is 10.0 Å². The van der Waals surface area contributed by atoms with E-state index in [1.807, 2.05) is 0 Å². The van der Waals surface area contributed by atoms with Crippen LogP contribution in [0.5, 0.6) is 11.5 Å². The van der Waals surface area contributed by atoms with E-state index >= 15 is 0 Å². The first kappa shape index (κ1) is 23.5. The smallest absolute Gasteiger partial charge is 0.872 e. The number of benzene rings is 2. The number of carbonyl (C=O) groups is 2. The molecule has 0 heterocycles. The molecule has 0 aliphatic carbocycles. The number of hydrogen-bond acceptors (Lipinski definition) is 7. The zero-order valence-electron chi connectivity index (χ0n) is 13.7. The van der Waals surface area contributed by atoms with Crippen LogP contribution >= 0.6 is 23.2 Å². The fourth-order valence-electron chi connectivity index (χ4n) is 1.35. The van der Waals surface area contributed by atoms with Crippen molar-refractivity contribution >= 4 is 42.5 Å². The number of hydrogen-bond donors (Lipinski definition) is 6. The summed E-state index contributed by atoms with van der Waals surface area (Å²) in [4.78, 5) is 20.7. The number of carboxylic acid groups (broad SMARTS) is 2. The third-order valence-corrected chi connectivity index (χ3v) is 2.83. The molecule has 0 aliphatic rings. The van der Waals surface area contributed by atoms with Gasteiger partial charge in [-0.25, -0.2) is 9.59 Å². The van der Waals surface area contributed by atoms with Crippen molar-refractivity contribution in [3.63, 3.8) is 0 Å². The van der Waals surface area contributed by atoms with E-state index in [4.69, 9.17) is 53.6 Å². The van der Waals surface area contributed by atoms with Crippen LogP contribution in [0.1, 0.15) is 22.1 Å². The maximum Gasteiger partial charge on any atom is 1.00 e. The minimum atomic E-state index is -2.17. The molecule has 2 rings (SSSR count). The Morgan fingerprint density at radius 3 is 1.62 bits per heavy atom. The molecule has 26 heavy (non-hydrogen) atoms. The first-order valence-corrected chi connectivity index (χ1v) is 7.17. The molecule has 0 bridgehead atoms. The van der Waals surface area contributed by atoms with Crippen LogP contribution in [0.15, 0.2) is 36.4 Å². The van der Waals surface area contributed by atoms with Gasteiger partial charge < -0.3 is 35.5 Å². The molecule has 0 saturated carbocycles. The van der Waals surface area contributed by atoms with E-state index in [1.54, 1.807) is 0 Å². The summed E-state index contributed by atoms with van der Waals surface area (Å²) in [7, 11) is -2.17. The molecule has 2 aromatic rings. The fourth-order valence-corrected chi connectivity index (χ4v) is 1.69. The lowest BCUT2D eigenvalue weighted by molar-refractivity contribution is -0.268. The predicted molar refractivity (Wildman–Crippen MR) is 91.5 cm³/mol. The first-order valence-electron chi connectivity index (χ1n) is 6.41. The van der Waals surface area contributed by atoms with Gasteiger partial charge >= 0.3 is 20.7 Å². The summed E-state index contributed by atoms with van der Waals surface area (Å²) < 4.78 is 0. The van der Waals surface area contributed by atoms with E-state index in [0.717, 1.165) is 12.1 Å². The van der Waals surface area contributed by atoms with Gasteiger partial charge in [0.2, 0.25) is 0 Å². The molecular weight excluding hydrogens is 394 g/mol. The third kappa shape index (κ3) is 9.11. The van der Waals surface area contributed by atoms with Crippen LogP contribution in [0.4, 0.5) is 0 Å². The Kier molecular flexibility index (Phi) is 10.1. The number of halogens is 2. The zero-order valence-corrected chi connectivity index (χ0v) is 14.2. The van der Waals surface area contributed by atoms with E-state index in [-0.39, 0.29) is 23.3 Å².